The van der Waals surface area contributed by atoms with Crippen LogP contribution >= 0.6 is 23.4 Å². The molecule has 9 heteroatoms. The number of halogens is 4. The van der Waals surface area contributed by atoms with Crippen LogP contribution in [-0.2, 0) is 10.6 Å². The van der Waals surface area contributed by atoms with E-state index in [-0.39, 0.29) is 18.1 Å². The quantitative estimate of drug-likeness (QED) is 0.501. The number of thioether (sulfide) groups is 1. The lowest BCUT2D eigenvalue weighted by molar-refractivity contribution is -0.306. The van der Waals surface area contributed by atoms with Gasteiger partial charge in [0.2, 0.25) is 0 Å². The molecule has 138 valence electrons. The molecule has 0 spiro atoms. The van der Waals surface area contributed by atoms with Crippen molar-refractivity contribution in [1.82, 2.24) is 14.8 Å². The van der Waals surface area contributed by atoms with E-state index in [9.17, 15) is 13.2 Å². The molecule has 0 saturated heterocycles. The molecule has 0 unspecified atom stereocenters. The fraction of sp³-hybridized carbons (Fsp3) is 0.294. The lowest BCUT2D eigenvalue weighted by Gasteiger charge is -2.17. The lowest BCUT2D eigenvalue weighted by Crippen LogP contribution is -2.14. The van der Waals surface area contributed by atoms with Gasteiger partial charge in [0, 0.05) is 11.3 Å². The summed E-state index contributed by atoms with van der Waals surface area (Å²) in [7, 11) is 0. The molecule has 0 N–H and O–H groups in total. The van der Waals surface area contributed by atoms with E-state index in [4.69, 9.17) is 11.6 Å². The first-order chi connectivity index (χ1) is 12.4. The SMILES string of the molecule is CSc1ccc(-n2nc(CCl)nc2C2=CC=C(OC(F)(F)F)CC2)cc1. The van der Waals surface area contributed by atoms with E-state index in [0.717, 1.165) is 16.2 Å². The summed E-state index contributed by atoms with van der Waals surface area (Å²) in [5, 5.41) is 4.40. The third-order valence-corrected chi connectivity index (χ3v) is 4.72. The summed E-state index contributed by atoms with van der Waals surface area (Å²) in [5.41, 5.74) is 1.58. The molecule has 1 aliphatic rings. The third kappa shape index (κ3) is 4.42. The van der Waals surface area contributed by atoms with Crippen LogP contribution in [0.5, 0.6) is 0 Å². The van der Waals surface area contributed by atoms with E-state index in [2.05, 4.69) is 14.8 Å². The Labute approximate surface area is 157 Å². The summed E-state index contributed by atoms with van der Waals surface area (Å²) in [6.07, 6.45) is 0.719. The molecule has 1 aromatic carbocycles. The van der Waals surface area contributed by atoms with Crippen LogP contribution in [-0.4, -0.2) is 27.4 Å². The Morgan fingerprint density at radius 2 is 1.92 bits per heavy atom. The number of hydrogen-bond donors (Lipinski definition) is 0. The smallest absolute Gasteiger partial charge is 0.410 e. The highest BCUT2D eigenvalue weighted by molar-refractivity contribution is 7.98. The third-order valence-electron chi connectivity index (χ3n) is 3.73. The maximum Gasteiger partial charge on any atom is 0.572 e. The van der Waals surface area contributed by atoms with Gasteiger partial charge >= 0.3 is 6.36 Å². The van der Waals surface area contributed by atoms with E-state index in [1.54, 1.807) is 22.5 Å². The monoisotopic (exact) mass is 401 g/mol. The molecule has 0 bridgehead atoms. The minimum atomic E-state index is -4.68. The van der Waals surface area contributed by atoms with E-state index in [1.807, 2.05) is 30.5 Å². The zero-order valence-corrected chi connectivity index (χ0v) is 15.3. The van der Waals surface area contributed by atoms with E-state index < -0.39 is 6.36 Å². The predicted molar refractivity (Wildman–Crippen MR) is 95.1 cm³/mol. The van der Waals surface area contributed by atoms with Gasteiger partial charge in [-0.1, -0.05) is 6.08 Å². The first kappa shape index (κ1) is 18.8. The topological polar surface area (TPSA) is 39.9 Å². The molecule has 0 atom stereocenters. The first-order valence-electron chi connectivity index (χ1n) is 7.72. The number of rotatable bonds is 5. The van der Waals surface area contributed by atoms with Gasteiger partial charge in [-0.15, -0.1) is 41.6 Å². The van der Waals surface area contributed by atoms with Gasteiger partial charge in [0.15, 0.2) is 11.6 Å². The number of nitrogens with zero attached hydrogens (tertiary/aromatic N) is 3. The maximum absolute atomic E-state index is 12.3. The fourth-order valence-corrected chi connectivity index (χ4v) is 3.08. The molecular weight excluding hydrogens is 387 g/mol. The van der Waals surface area contributed by atoms with Crippen molar-refractivity contribution in [2.75, 3.05) is 6.26 Å². The van der Waals surface area contributed by atoms with Crippen LogP contribution in [0.25, 0.3) is 11.3 Å². The van der Waals surface area contributed by atoms with Crippen molar-refractivity contribution >= 4 is 28.9 Å². The van der Waals surface area contributed by atoms with Crippen molar-refractivity contribution in [3.63, 3.8) is 0 Å². The molecule has 3 rings (SSSR count). The summed E-state index contributed by atoms with van der Waals surface area (Å²) in [4.78, 5) is 5.54. The van der Waals surface area contributed by atoms with Crippen LogP contribution in [0.1, 0.15) is 24.5 Å². The molecule has 0 amide bonds. The first-order valence-corrected chi connectivity index (χ1v) is 9.47. The van der Waals surface area contributed by atoms with Crippen LogP contribution in [0.2, 0.25) is 0 Å². The second-order valence-electron chi connectivity index (χ2n) is 5.47. The molecule has 0 fully saturated rings. The van der Waals surface area contributed by atoms with Crippen LogP contribution in [0, 0.1) is 0 Å². The Morgan fingerprint density at radius 1 is 1.19 bits per heavy atom. The molecular formula is C17H15ClF3N3OS. The van der Waals surface area contributed by atoms with Gasteiger partial charge in [0.1, 0.15) is 5.76 Å². The Bertz CT molecular complexity index is 844. The molecule has 0 saturated carbocycles. The van der Waals surface area contributed by atoms with Crippen LogP contribution in [0.15, 0.2) is 47.1 Å². The highest BCUT2D eigenvalue weighted by Crippen LogP contribution is 2.31. The summed E-state index contributed by atoms with van der Waals surface area (Å²) < 4.78 is 42.6. The fourth-order valence-electron chi connectivity index (χ4n) is 2.56. The van der Waals surface area contributed by atoms with Crippen molar-refractivity contribution in [2.24, 2.45) is 0 Å². The standard InChI is InChI=1S/C17H15ClF3N3OS/c1-26-14-8-4-12(5-9-14)24-16(22-15(10-18)23-24)11-2-6-13(7-3-11)25-17(19,20)21/h2,4-6,8-9H,3,7,10H2,1H3. The van der Waals surface area contributed by atoms with Gasteiger partial charge in [-0.2, -0.15) is 0 Å². The molecule has 1 aliphatic carbocycles. The lowest BCUT2D eigenvalue weighted by atomic mass is 10.0. The highest BCUT2D eigenvalue weighted by atomic mass is 35.5. The average molecular weight is 402 g/mol. The number of hydrogen-bond acceptors (Lipinski definition) is 4. The second kappa shape index (κ2) is 7.75. The van der Waals surface area contributed by atoms with Crippen LogP contribution in [0.3, 0.4) is 0 Å². The van der Waals surface area contributed by atoms with Gasteiger partial charge in [-0.3, -0.25) is 0 Å². The summed E-state index contributed by atoms with van der Waals surface area (Å²) in [5.74, 6) is 1.06. The van der Waals surface area contributed by atoms with Gasteiger partial charge in [0.05, 0.1) is 11.6 Å². The van der Waals surface area contributed by atoms with Crippen LogP contribution < -0.4 is 0 Å². The van der Waals surface area contributed by atoms with Crippen molar-refractivity contribution in [3.05, 3.63) is 53.8 Å². The van der Waals surface area contributed by atoms with Crippen molar-refractivity contribution in [3.8, 4) is 5.69 Å². The summed E-state index contributed by atoms with van der Waals surface area (Å²) >= 11 is 7.49. The molecule has 2 aromatic rings. The molecule has 1 aromatic heterocycles. The zero-order valence-electron chi connectivity index (χ0n) is 13.8. The van der Waals surface area contributed by atoms with Crippen molar-refractivity contribution in [1.29, 1.82) is 0 Å². The number of allylic oxidation sites excluding steroid dienone is 4. The summed E-state index contributed by atoms with van der Waals surface area (Å²) in [6.45, 7) is 0. The summed E-state index contributed by atoms with van der Waals surface area (Å²) in [6, 6.07) is 7.77. The van der Waals surface area contributed by atoms with E-state index >= 15 is 0 Å². The van der Waals surface area contributed by atoms with E-state index in [1.165, 1.54) is 6.08 Å². The zero-order chi connectivity index (χ0) is 18.7. The maximum atomic E-state index is 12.3. The largest absolute Gasteiger partial charge is 0.572 e. The predicted octanol–water partition coefficient (Wildman–Crippen LogP) is 5.33. The van der Waals surface area contributed by atoms with Crippen molar-refractivity contribution < 1.29 is 17.9 Å². The Balaban J connectivity index is 1.94. The molecule has 0 radical (unpaired) electrons. The molecule has 1 heterocycles. The Kier molecular flexibility index (Phi) is 5.62. The number of ether oxygens (including phenoxy) is 1. The van der Waals surface area contributed by atoms with Gasteiger partial charge in [-0.25, -0.2) is 9.67 Å². The number of aromatic nitrogens is 3. The minimum Gasteiger partial charge on any atom is -0.410 e. The van der Waals surface area contributed by atoms with E-state index in [0.29, 0.717) is 18.1 Å². The van der Waals surface area contributed by atoms with Crippen molar-refractivity contribution in [2.45, 2.75) is 30.0 Å². The van der Waals surface area contributed by atoms with Gasteiger partial charge < -0.3 is 4.74 Å². The molecule has 26 heavy (non-hydrogen) atoms. The van der Waals surface area contributed by atoms with Crippen LogP contribution in [0.4, 0.5) is 13.2 Å². The van der Waals surface area contributed by atoms with Gasteiger partial charge in [0.25, 0.3) is 0 Å². The number of benzene rings is 1. The average Bonchev–Trinajstić information content (AvgIpc) is 3.05. The highest BCUT2D eigenvalue weighted by Gasteiger charge is 2.32. The number of alkyl halides is 4. The Morgan fingerprint density at radius 3 is 2.46 bits per heavy atom. The normalized spacial score (nSPS) is 14.8. The minimum absolute atomic E-state index is 0.116. The molecule has 4 nitrogen and oxygen atoms in total. The van der Waals surface area contributed by atoms with Gasteiger partial charge in [-0.05, 0) is 48.6 Å². The Hall–Kier alpha value is -1.93. The second-order valence-corrected chi connectivity index (χ2v) is 6.61. The molecule has 0 aliphatic heterocycles.